The van der Waals surface area contributed by atoms with Gasteiger partial charge in [0.2, 0.25) is 0 Å². The third-order valence-corrected chi connectivity index (χ3v) is 4.40. The van der Waals surface area contributed by atoms with Crippen molar-refractivity contribution in [3.63, 3.8) is 0 Å². The van der Waals surface area contributed by atoms with Crippen LogP contribution in [-0.2, 0) is 4.74 Å². The maximum Gasteiger partial charge on any atom is 0.287 e. The lowest BCUT2D eigenvalue weighted by Gasteiger charge is -2.05. The van der Waals surface area contributed by atoms with Crippen LogP contribution in [0.15, 0.2) is 27.1 Å². The molecule has 118 valence electrons. The van der Waals surface area contributed by atoms with Gasteiger partial charge in [-0.1, -0.05) is 15.9 Å². The summed E-state index contributed by atoms with van der Waals surface area (Å²) >= 11 is 3.44. The van der Waals surface area contributed by atoms with Crippen LogP contribution >= 0.6 is 15.9 Å². The fourth-order valence-electron chi connectivity index (χ4n) is 2.40. The molecule has 0 saturated heterocycles. The number of ether oxygens (including phenoxy) is 1. The van der Waals surface area contributed by atoms with E-state index in [1.165, 1.54) is 12.8 Å². The molecule has 1 aromatic heterocycles. The van der Waals surface area contributed by atoms with Gasteiger partial charge in [-0.25, -0.2) is 0 Å². The van der Waals surface area contributed by atoms with Gasteiger partial charge < -0.3 is 14.5 Å². The number of fused-ring (bicyclic) bond motifs is 1. The highest BCUT2D eigenvalue weighted by molar-refractivity contribution is 9.10. The molecule has 5 heteroatoms. The van der Waals surface area contributed by atoms with E-state index < -0.39 is 0 Å². The maximum absolute atomic E-state index is 12.2. The largest absolute Gasteiger partial charge is 0.451 e. The van der Waals surface area contributed by atoms with Crippen LogP contribution in [0.1, 0.15) is 35.4 Å². The Kier molecular flexibility index (Phi) is 4.84. The van der Waals surface area contributed by atoms with E-state index >= 15 is 0 Å². The minimum Gasteiger partial charge on any atom is -0.451 e. The number of carbonyl (C=O) groups excluding carboxylic acids is 1. The number of furan rings is 1. The van der Waals surface area contributed by atoms with Crippen LogP contribution in [0.5, 0.6) is 0 Å². The van der Waals surface area contributed by atoms with Crippen molar-refractivity contribution in [2.75, 3.05) is 19.8 Å². The molecule has 0 radical (unpaired) electrons. The Morgan fingerprint density at radius 1 is 1.45 bits per heavy atom. The van der Waals surface area contributed by atoms with Gasteiger partial charge in [-0.05, 0) is 50.3 Å². The molecule has 22 heavy (non-hydrogen) atoms. The topological polar surface area (TPSA) is 51.5 Å². The van der Waals surface area contributed by atoms with Crippen LogP contribution in [0.25, 0.3) is 11.0 Å². The molecular formula is C17H20BrNO3. The summed E-state index contributed by atoms with van der Waals surface area (Å²) in [5, 5.41) is 3.86. The second kappa shape index (κ2) is 6.84. The minimum absolute atomic E-state index is 0.160. The first-order chi connectivity index (χ1) is 10.6. The Hall–Kier alpha value is -1.33. The molecule has 1 aromatic carbocycles. The monoisotopic (exact) mass is 365 g/mol. The molecule has 1 amide bonds. The van der Waals surface area contributed by atoms with Crippen molar-refractivity contribution in [1.82, 2.24) is 5.32 Å². The highest BCUT2D eigenvalue weighted by Gasteiger charge is 2.21. The Morgan fingerprint density at radius 2 is 2.27 bits per heavy atom. The van der Waals surface area contributed by atoms with E-state index in [4.69, 9.17) is 9.15 Å². The summed E-state index contributed by atoms with van der Waals surface area (Å²) in [6.07, 6.45) is 3.43. The van der Waals surface area contributed by atoms with E-state index in [0.29, 0.717) is 18.9 Å². The fraction of sp³-hybridized carbons (Fsp3) is 0.471. The third kappa shape index (κ3) is 3.70. The number of aryl methyl sites for hydroxylation is 1. The van der Waals surface area contributed by atoms with E-state index in [0.717, 1.165) is 40.0 Å². The van der Waals surface area contributed by atoms with Crippen LogP contribution in [0.4, 0.5) is 0 Å². The van der Waals surface area contributed by atoms with Crippen LogP contribution in [0.2, 0.25) is 0 Å². The molecule has 4 nitrogen and oxygen atoms in total. The number of carbonyl (C=O) groups is 1. The molecule has 0 aliphatic heterocycles. The number of halogens is 1. The summed E-state index contributed by atoms with van der Waals surface area (Å²) in [6, 6.07) is 5.75. The predicted octanol–water partition coefficient (Wildman–Crippen LogP) is 4.05. The van der Waals surface area contributed by atoms with Gasteiger partial charge in [0, 0.05) is 35.2 Å². The number of benzene rings is 1. The predicted molar refractivity (Wildman–Crippen MR) is 89.1 cm³/mol. The Labute approximate surface area is 138 Å². The van der Waals surface area contributed by atoms with Crippen LogP contribution in [0, 0.1) is 12.8 Å². The molecule has 0 bridgehead atoms. The molecule has 3 rings (SSSR count). The van der Waals surface area contributed by atoms with E-state index in [1.807, 2.05) is 25.1 Å². The van der Waals surface area contributed by atoms with Crippen molar-refractivity contribution in [1.29, 1.82) is 0 Å². The summed E-state index contributed by atoms with van der Waals surface area (Å²) in [7, 11) is 0. The highest BCUT2D eigenvalue weighted by Crippen LogP contribution is 2.29. The number of nitrogens with one attached hydrogen (secondary N) is 1. The number of amides is 1. The van der Waals surface area contributed by atoms with Crippen molar-refractivity contribution in [2.45, 2.75) is 26.2 Å². The molecule has 1 heterocycles. The van der Waals surface area contributed by atoms with Gasteiger partial charge in [-0.3, -0.25) is 4.79 Å². The van der Waals surface area contributed by atoms with Gasteiger partial charge in [-0.15, -0.1) is 0 Å². The molecule has 0 unspecified atom stereocenters. The van der Waals surface area contributed by atoms with E-state index in [9.17, 15) is 4.79 Å². The van der Waals surface area contributed by atoms with Crippen molar-refractivity contribution in [3.8, 4) is 0 Å². The first-order valence-corrected chi connectivity index (χ1v) is 8.49. The van der Waals surface area contributed by atoms with Crippen LogP contribution in [-0.4, -0.2) is 25.7 Å². The fourth-order valence-corrected chi connectivity index (χ4v) is 2.76. The molecule has 0 atom stereocenters. The van der Waals surface area contributed by atoms with E-state index in [1.54, 1.807) is 0 Å². The lowest BCUT2D eigenvalue weighted by Crippen LogP contribution is -2.25. The first-order valence-electron chi connectivity index (χ1n) is 7.70. The lowest BCUT2D eigenvalue weighted by atomic mass is 10.1. The standard InChI is InChI=1S/C17H20BrNO3/c1-11-14-9-13(18)5-6-15(14)22-16(11)17(20)19-7-2-8-21-10-12-3-4-12/h5-6,9,12H,2-4,7-8,10H2,1H3,(H,19,20). The average Bonchev–Trinajstić information content (AvgIpc) is 3.27. The summed E-state index contributed by atoms with van der Waals surface area (Å²) in [5.74, 6) is 1.02. The molecule has 1 saturated carbocycles. The van der Waals surface area contributed by atoms with Crippen molar-refractivity contribution in [3.05, 3.63) is 34.0 Å². The minimum atomic E-state index is -0.160. The zero-order valence-electron chi connectivity index (χ0n) is 12.7. The Balaban J connectivity index is 1.52. The number of rotatable bonds is 7. The van der Waals surface area contributed by atoms with Gasteiger partial charge in [0.1, 0.15) is 5.58 Å². The van der Waals surface area contributed by atoms with E-state index in [2.05, 4.69) is 21.2 Å². The summed E-state index contributed by atoms with van der Waals surface area (Å²) in [5.41, 5.74) is 1.61. The van der Waals surface area contributed by atoms with Crippen LogP contribution in [0.3, 0.4) is 0 Å². The maximum atomic E-state index is 12.2. The zero-order valence-corrected chi connectivity index (χ0v) is 14.2. The second-order valence-corrected chi connectivity index (χ2v) is 6.74. The van der Waals surface area contributed by atoms with Crippen molar-refractivity contribution < 1.29 is 13.9 Å². The normalized spacial score (nSPS) is 14.5. The van der Waals surface area contributed by atoms with Crippen molar-refractivity contribution >= 4 is 32.8 Å². The second-order valence-electron chi connectivity index (χ2n) is 5.82. The molecule has 1 N–H and O–H groups in total. The van der Waals surface area contributed by atoms with Crippen molar-refractivity contribution in [2.24, 2.45) is 5.92 Å². The Bertz CT molecular complexity index is 676. The lowest BCUT2D eigenvalue weighted by molar-refractivity contribution is 0.0912. The molecule has 1 aliphatic carbocycles. The quantitative estimate of drug-likeness (QED) is 0.753. The van der Waals surface area contributed by atoms with Gasteiger partial charge in [0.25, 0.3) is 5.91 Å². The highest BCUT2D eigenvalue weighted by atomic mass is 79.9. The van der Waals surface area contributed by atoms with Gasteiger partial charge in [0.05, 0.1) is 0 Å². The Morgan fingerprint density at radius 3 is 3.05 bits per heavy atom. The summed E-state index contributed by atoms with van der Waals surface area (Å²) in [6.45, 7) is 4.07. The average molecular weight is 366 g/mol. The molecule has 1 aliphatic rings. The van der Waals surface area contributed by atoms with Crippen LogP contribution < -0.4 is 5.32 Å². The first kappa shape index (κ1) is 15.6. The number of hydrogen-bond donors (Lipinski definition) is 1. The molecular weight excluding hydrogens is 346 g/mol. The molecule has 0 spiro atoms. The smallest absolute Gasteiger partial charge is 0.287 e. The van der Waals surface area contributed by atoms with E-state index in [-0.39, 0.29) is 5.91 Å². The van der Waals surface area contributed by atoms with Gasteiger partial charge in [0.15, 0.2) is 5.76 Å². The van der Waals surface area contributed by atoms with Gasteiger partial charge in [-0.2, -0.15) is 0 Å². The molecule has 2 aromatic rings. The summed E-state index contributed by atoms with van der Waals surface area (Å²) in [4.78, 5) is 12.2. The SMILES string of the molecule is Cc1c(C(=O)NCCCOCC2CC2)oc2ccc(Br)cc12. The third-order valence-electron chi connectivity index (χ3n) is 3.91. The summed E-state index contributed by atoms with van der Waals surface area (Å²) < 4.78 is 12.2. The van der Waals surface area contributed by atoms with Gasteiger partial charge >= 0.3 is 0 Å². The number of hydrogen-bond acceptors (Lipinski definition) is 3. The molecule has 1 fully saturated rings. The zero-order chi connectivity index (χ0) is 15.5.